The monoisotopic (exact) mass is 124 g/mol. The van der Waals surface area contributed by atoms with Gasteiger partial charge in [-0.25, -0.2) is 0 Å². The van der Waals surface area contributed by atoms with Gasteiger partial charge in [-0.15, -0.1) is 6.58 Å². The maximum absolute atomic E-state index is 6.83. The molecule has 0 unspecified atom stereocenters. The minimum atomic E-state index is 0.823. The first-order valence-electron chi connectivity index (χ1n) is 2.87. The molecule has 0 heterocycles. The normalized spacial score (nSPS) is 10.9. The summed E-state index contributed by atoms with van der Waals surface area (Å²) >= 11 is 0. The van der Waals surface area contributed by atoms with E-state index in [0.29, 0.717) is 0 Å². The van der Waals surface area contributed by atoms with Gasteiger partial charge in [0.2, 0.25) is 0 Å². The van der Waals surface area contributed by atoms with Crippen molar-refractivity contribution in [3.05, 3.63) is 24.4 Å². The van der Waals surface area contributed by atoms with E-state index >= 15 is 0 Å². The van der Waals surface area contributed by atoms with Gasteiger partial charge in [0.05, 0.1) is 0 Å². The van der Waals surface area contributed by atoms with E-state index in [0.717, 1.165) is 18.4 Å². The van der Waals surface area contributed by atoms with E-state index in [9.17, 15) is 0 Å². The van der Waals surface area contributed by atoms with Crippen LogP contribution >= 0.6 is 0 Å². The molecule has 3 N–H and O–H groups in total. The fourth-order valence-corrected chi connectivity index (χ4v) is 0.472. The molecule has 2 nitrogen and oxygen atoms in total. The van der Waals surface area contributed by atoms with Crippen LogP contribution in [0.4, 0.5) is 0 Å². The number of nitrogens with two attached hydrogens (primary N) is 1. The zero-order valence-electron chi connectivity index (χ0n) is 5.43. The lowest BCUT2D eigenvalue weighted by Gasteiger charge is -1.92. The second-order valence-corrected chi connectivity index (χ2v) is 1.71. The summed E-state index contributed by atoms with van der Waals surface area (Å²) in [6, 6.07) is 0. The van der Waals surface area contributed by atoms with Crippen LogP contribution in [0.5, 0.6) is 0 Å². The van der Waals surface area contributed by atoms with E-state index < -0.39 is 0 Å². The largest absolute Gasteiger partial charge is 0.404 e. The van der Waals surface area contributed by atoms with E-state index in [1.165, 1.54) is 12.4 Å². The highest BCUT2D eigenvalue weighted by atomic mass is 14.5. The smallest absolute Gasteiger partial charge is 0.0224 e. The molecule has 0 spiro atoms. The Morgan fingerprint density at radius 2 is 2.33 bits per heavy atom. The number of allylic oxidation sites excluding steroid dienone is 2. The van der Waals surface area contributed by atoms with E-state index in [1.54, 1.807) is 0 Å². The molecule has 0 rings (SSSR count). The van der Waals surface area contributed by atoms with E-state index in [2.05, 4.69) is 6.58 Å². The molecule has 9 heavy (non-hydrogen) atoms. The number of rotatable bonds is 4. The van der Waals surface area contributed by atoms with Crippen LogP contribution in [0, 0.1) is 5.41 Å². The van der Waals surface area contributed by atoms with Crippen molar-refractivity contribution in [2.24, 2.45) is 5.73 Å². The summed E-state index contributed by atoms with van der Waals surface area (Å²) in [5.74, 6) is 0. The highest BCUT2D eigenvalue weighted by Crippen LogP contribution is 1.99. The minimum Gasteiger partial charge on any atom is -0.404 e. The molecule has 0 aliphatic carbocycles. The van der Waals surface area contributed by atoms with Gasteiger partial charge in [0.1, 0.15) is 0 Å². The molecule has 0 atom stereocenters. The van der Waals surface area contributed by atoms with Crippen molar-refractivity contribution >= 4 is 6.21 Å². The fourth-order valence-electron chi connectivity index (χ4n) is 0.472. The molecule has 0 amide bonds. The van der Waals surface area contributed by atoms with E-state index in [1.807, 2.05) is 6.08 Å². The first-order chi connectivity index (χ1) is 4.35. The van der Waals surface area contributed by atoms with Crippen LogP contribution in [-0.2, 0) is 0 Å². The summed E-state index contributed by atoms with van der Waals surface area (Å²) in [5, 5.41) is 6.83. The Balaban J connectivity index is 3.57. The molecule has 0 radical (unpaired) electrons. The zero-order valence-corrected chi connectivity index (χ0v) is 5.43. The lowest BCUT2D eigenvalue weighted by atomic mass is 10.2. The molecule has 0 saturated carbocycles. The lowest BCUT2D eigenvalue weighted by Crippen LogP contribution is -1.89. The van der Waals surface area contributed by atoms with Gasteiger partial charge >= 0.3 is 0 Å². The molecule has 0 aromatic heterocycles. The Hall–Kier alpha value is -1.05. The van der Waals surface area contributed by atoms with Crippen molar-refractivity contribution in [3.8, 4) is 0 Å². The van der Waals surface area contributed by atoms with Crippen molar-refractivity contribution in [2.75, 3.05) is 0 Å². The molecule has 0 fully saturated rings. The van der Waals surface area contributed by atoms with Crippen molar-refractivity contribution in [1.82, 2.24) is 0 Å². The van der Waals surface area contributed by atoms with Crippen molar-refractivity contribution in [1.29, 1.82) is 5.41 Å². The van der Waals surface area contributed by atoms with Crippen LogP contribution in [-0.4, -0.2) is 6.21 Å². The quantitative estimate of drug-likeness (QED) is 0.432. The molecule has 0 saturated heterocycles. The molecule has 0 aromatic rings. The standard InChI is InChI=1S/C7H12N2/c1-2-3-4-7(5-8)6-9/h2,5-6,8H,1,3-4,9H2/b7-6-,8-5?. The topological polar surface area (TPSA) is 49.9 Å². The Morgan fingerprint density at radius 1 is 1.67 bits per heavy atom. The molecular formula is C7H12N2. The average Bonchev–Trinajstić information content (AvgIpc) is 1.91. The Bertz CT molecular complexity index is 125. The number of hydrogen-bond donors (Lipinski definition) is 2. The van der Waals surface area contributed by atoms with Crippen LogP contribution < -0.4 is 5.73 Å². The predicted octanol–water partition coefficient (Wildman–Crippen LogP) is 1.44. The fraction of sp³-hybridized carbons (Fsp3) is 0.286. The first-order valence-corrected chi connectivity index (χ1v) is 2.87. The van der Waals surface area contributed by atoms with Gasteiger partial charge in [-0.1, -0.05) is 6.08 Å². The third-order valence-electron chi connectivity index (χ3n) is 1.04. The van der Waals surface area contributed by atoms with Crippen molar-refractivity contribution in [3.63, 3.8) is 0 Å². The molecule has 0 aliphatic rings. The maximum atomic E-state index is 6.83. The minimum absolute atomic E-state index is 0.823. The summed E-state index contributed by atoms with van der Waals surface area (Å²) in [4.78, 5) is 0. The summed E-state index contributed by atoms with van der Waals surface area (Å²) in [7, 11) is 0. The van der Waals surface area contributed by atoms with Crippen LogP contribution in [0.25, 0.3) is 0 Å². The summed E-state index contributed by atoms with van der Waals surface area (Å²) in [5.41, 5.74) is 6.03. The third kappa shape index (κ3) is 3.53. The summed E-state index contributed by atoms with van der Waals surface area (Å²) in [6.45, 7) is 3.56. The van der Waals surface area contributed by atoms with Crippen molar-refractivity contribution in [2.45, 2.75) is 12.8 Å². The van der Waals surface area contributed by atoms with Gasteiger partial charge < -0.3 is 11.1 Å². The number of hydrogen-bond acceptors (Lipinski definition) is 2. The maximum Gasteiger partial charge on any atom is 0.0224 e. The Kier molecular flexibility index (Phi) is 4.50. The first kappa shape index (κ1) is 7.95. The van der Waals surface area contributed by atoms with Crippen molar-refractivity contribution < 1.29 is 0 Å². The predicted molar refractivity (Wildman–Crippen MR) is 40.5 cm³/mol. The van der Waals surface area contributed by atoms with Gasteiger partial charge in [0, 0.05) is 6.21 Å². The lowest BCUT2D eigenvalue weighted by molar-refractivity contribution is 1.02. The van der Waals surface area contributed by atoms with Gasteiger partial charge in [-0.3, -0.25) is 0 Å². The van der Waals surface area contributed by atoms with Gasteiger partial charge in [0.25, 0.3) is 0 Å². The second-order valence-electron chi connectivity index (χ2n) is 1.71. The second kappa shape index (κ2) is 5.09. The molecule has 2 heteroatoms. The molecular weight excluding hydrogens is 112 g/mol. The van der Waals surface area contributed by atoms with Gasteiger partial charge in [0.15, 0.2) is 0 Å². The van der Waals surface area contributed by atoms with Crippen LogP contribution in [0.3, 0.4) is 0 Å². The summed E-state index contributed by atoms with van der Waals surface area (Å²) in [6.07, 6.45) is 6.24. The van der Waals surface area contributed by atoms with E-state index in [-0.39, 0.29) is 0 Å². The van der Waals surface area contributed by atoms with Gasteiger partial charge in [-0.2, -0.15) is 0 Å². The number of nitrogens with one attached hydrogen (secondary N) is 1. The Morgan fingerprint density at radius 3 is 2.67 bits per heavy atom. The van der Waals surface area contributed by atoms with E-state index in [4.69, 9.17) is 11.1 Å². The van der Waals surface area contributed by atoms with Crippen LogP contribution in [0.1, 0.15) is 12.8 Å². The highest BCUT2D eigenvalue weighted by molar-refractivity contribution is 5.75. The Labute approximate surface area is 55.6 Å². The van der Waals surface area contributed by atoms with Crippen LogP contribution in [0.15, 0.2) is 24.4 Å². The molecule has 0 bridgehead atoms. The molecule has 0 aromatic carbocycles. The van der Waals surface area contributed by atoms with Gasteiger partial charge in [-0.05, 0) is 24.6 Å². The SMILES string of the molecule is C=CCC/C(C=N)=C/N. The van der Waals surface area contributed by atoms with Crippen LogP contribution in [0.2, 0.25) is 0 Å². The zero-order chi connectivity index (χ0) is 7.11. The highest BCUT2D eigenvalue weighted by Gasteiger charge is 1.86. The summed E-state index contributed by atoms with van der Waals surface area (Å²) < 4.78 is 0. The average molecular weight is 124 g/mol. The molecule has 50 valence electrons. The third-order valence-corrected chi connectivity index (χ3v) is 1.04. The molecule has 0 aliphatic heterocycles.